The van der Waals surface area contributed by atoms with Crippen LogP contribution in [0.1, 0.15) is 0 Å². The molecule has 0 saturated heterocycles. The average Bonchev–Trinajstić information content (AvgIpc) is 0.682. The second kappa shape index (κ2) is 30.8. The summed E-state index contributed by atoms with van der Waals surface area (Å²) in [6, 6.07) is 54.1. The van der Waals surface area contributed by atoms with Crippen LogP contribution in [0.2, 0.25) is 20.1 Å². The Morgan fingerprint density at radius 1 is 0.234 bits per heavy atom. The molecule has 0 bridgehead atoms. The number of halogens is 20. The van der Waals surface area contributed by atoms with Crippen LogP contribution in [0.5, 0.6) is 34.5 Å². The van der Waals surface area contributed by atoms with E-state index in [9.17, 15) is 52.7 Å². The third kappa shape index (κ3) is 14.0. The van der Waals surface area contributed by atoms with Gasteiger partial charge >= 0.3 is 294 Å². The van der Waals surface area contributed by atoms with Crippen molar-refractivity contribution in [2.24, 2.45) is 0 Å². The fourth-order valence-electron chi connectivity index (χ4n) is 9.93. The third-order valence-corrected chi connectivity index (χ3v) is 20.3. The van der Waals surface area contributed by atoms with Gasteiger partial charge in [0.25, 0.3) is 0 Å². The Hall–Kier alpha value is -8.38. The van der Waals surface area contributed by atoms with E-state index in [4.69, 9.17) is 74.8 Å². The normalized spacial score (nSPS) is 11.3. The molecule has 0 atom stereocenters. The molecule has 0 heterocycles. The van der Waals surface area contributed by atoms with E-state index in [1.807, 2.05) is 127 Å². The third-order valence-electron chi connectivity index (χ3n) is 14.0. The van der Waals surface area contributed by atoms with Crippen molar-refractivity contribution in [3.05, 3.63) is 277 Å². The van der Waals surface area contributed by atoms with Crippen LogP contribution in [0.25, 0.3) is 0 Å². The van der Waals surface area contributed by atoms with Gasteiger partial charge in [0.15, 0.2) is 69.8 Å². The van der Waals surface area contributed by atoms with Crippen LogP contribution in [0.3, 0.4) is 0 Å². The molecule has 94 heavy (non-hydrogen) atoms. The molecular weight excluding hydrogens is 1420 g/mol. The van der Waals surface area contributed by atoms with Crippen LogP contribution in [-0.2, 0) is 0 Å². The minimum absolute atomic E-state index is 0.398. The fraction of sp³-hybridized carbons (Fsp3) is 0.0909. The second-order valence-corrected chi connectivity index (χ2v) is 25.0. The molecule has 10 aromatic rings. The summed E-state index contributed by atoms with van der Waals surface area (Å²) in [4.78, 5) is 0. The molecule has 0 spiro atoms. The summed E-state index contributed by atoms with van der Waals surface area (Å²) in [5.74, 6) is -43.4. The Balaban J connectivity index is 0.000000222. The minimum atomic E-state index is -6.24. The summed E-state index contributed by atoms with van der Waals surface area (Å²) in [5, 5.41) is -9.69. The van der Waals surface area contributed by atoms with Gasteiger partial charge in [0.05, 0.1) is 0 Å². The molecule has 0 aliphatic rings. The molecule has 10 rings (SSSR count). The Morgan fingerprint density at radius 2 is 0.426 bits per heavy atom. The number of benzene rings is 10. The molecule has 0 aliphatic carbocycles. The van der Waals surface area contributed by atoms with E-state index in [2.05, 4.69) is 36.4 Å². The van der Waals surface area contributed by atoms with Gasteiger partial charge in [0.1, 0.15) is 29.4 Å². The van der Waals surface area contributed by atoms with Gasteiger partial charge in [-0.3, -0.25) is 0 Å². The second-order valence-electron chi connectivity index (χ2n) is 19.5. The van der Waals surface area contributed by atoms with Gasteiger partial charge in [-0.2, -0.15) is 0 Å². The van der Waals surface area contributed by atoms with Crippen molar-refractivity contribution < 1.29 is 98.7 Å². The van der Waals surface area contributed by atoms with Crippen LogP contribution >= 0.6 is 46.4 Å². The monoisotopic (exact) mass is 1460 g/mol. The summed E-state index contributed by atoms with van der Waals surface area (Å²) >= 11 is 20.2. The van der Waals surface area contributed by atoms with Crippen LogP contribution in [0.4, 0.5) is 70.2 Å². The van der Waals surface area contributed by atoms with E-state index in [0.29, 0.717) is 39.6 Å². The van der Waals surface area contributed by atoms with Gasteiger partial charge in [-0.15, -0.1) is 21.9 Å². The van der Waals surface area contributed by atoms with E-state index in [1.165, 1.54) is 0 Å². The van der Waals surface area contributed by atoms with Crippen molar-refractivity contribution in [3.8, 4) is 34.5 Å². The Labute approximate surface area is 548 Å². The number of rotatable bonds is 22. The van der Waals surface area contributed by atoms with Crippen molar-refractivity contribution >= 4 is 102 Å². The summed E-state index contributed by atoms with van der Waals surface area (Å²) in [6.45, 7) is 2.46. The van der Waals surface area contributed by atoms with E-state index < -0.39 is 155 Å². The van der Waals surface area contributed by atoms with Gasteiger partial charge in [0, 0.05) is 20.1 Å². The topological polar surface area (TPSA) is 55.4 Å². The molecule has 0 fully saturated rings. The molecule has 28 heteroatoms. The number of ether oxygens (including phenoxy) is 6. The Bertz CT molecular complexity index is 3790. The van der Waals surface area contributed by atoms with E-state index in [-0.39, 0.29) is 0 Å². The van der Waals surface area contributed by atoms with Crippen molar-refractivity contribution in [2.45, 2.75) is 0 Å². The van der Waals surface area contributed by atoms with Gasteiger partial charge < -0.3 is 0 Å². The molecule has 10 aromatic carbocycles. The molecule has 0 N–H and O–H groups in total. The fourth-order valence-corrected chi connectivity index (χ4v) is 16.2. The summed E-state index contributed by atoms with van der Waals surface area (Å²) in [5.41, 5.74) is -10.7. The first-order valence-electron chi connectivity index (χ1n) is 27.2. The van der Waals surface area contributed by atoms with Crippen molar-refractivity contribution in [1.82, 2.24) is 0 Å². The molecule has 0 unspecified atom stereocenters. The predicted molar refractivity (Wildman–Crippen MR) is 326 cm³/mol. The molecular formula is C66H39BCl4F16O6Se. The zero-order valence-electron chi connectivity index (χ0n) is 47.3. The quantitative estimate of drug-likeness (QED) is 0.0222. The van der Waals surface area contributed by atoms with Crippen molar-refractivity contribution in [3.63, 3.8) is 0 Å². The number of hydrogen-bond donors (Lipinski definition) is 0. The molecule has 488 valence electrons. The van der Waals surface area contributed by atoms with Crippen LogP contribution in [-0.4, -0.2) is 59.7 Å². The van der Waals surface area contributed by atoms with Gasteiger partial charge in [-0.25, -0.2) is 70.2 Å². The van der Waals surface area contributed by atoms with Gasteiger partial charge in [0.2, 0.25) is 0 Å². The zero-order chi connectivity index (χ0) is 67.7. The molecule has 0 aromatic heterocycles. The maximum absolute atomic E-state index is 15.8. The van der Waals surface area contributed by atoms with Gasteiger partial charge in [-0.05, 0) is 0 Å². The standard InChI is InChI=1S/C42H39O6Se.C24BCl4F16/c1-4-16-34(17-5-1)43-28-31-46-37-22-10-13-25-40(37)49(41-26-14-11-23-38(41)47-32-29-44-35-18-6-2-7-19-35)42-27-15-12-24-39(42)48-33-30-45-36-20-8-3-9-21-36;26-5-1(9(30)17(38)21(42)13(5)34)25(2-6(27)14(35)22(43)18(39)10(2)31,3-7(28)15(36)23(44)19(40)11(3)32)4-8(29)16(37)24(45)20(41)12(4)33/h1-27H,28-33H2;/q+1;-1. The predicted octanol–water partition coefficient (Wildman–Crippen LogP) is 14.5. The zero-order valence-corrected chi connectivity index (χ0v) is 52.1. The average molecular weight is 1460 g/mol. The first kappa shape index (κ1) is 70.0. The number of hydrogen-bond acceptors (Lipinski definition) is 6. The first-order chi connectivity index (χ1) is 45.1. The molecule has 0 aliphatic heterocycles. The van der Waals surface area contributed by atoms with Crippen molar-refractivity contribution in [1.29, 1.82) is 0 Å². The first-order valence-corrected chi connectivity index (χ1v) is 31.3. The molecule has 6 nitrogen and oxygen atoms in total. The van der Waals surface area contributed by atoms with E-state index in [0.717, 1.165) is 47.9 Å². The molecule has 0 amide bonds. The van der Waals surface area contributed by atoms with Crippen LogP contribution in [0.15, 0.2) is 164 Å². The molecule has 0 saturated carbocycles. The van der Waals surface area contributed by atoms with Crippen molar-refractivity contribution in [2.75, 3.05) is 39.6 Å². The summed E-state index contributed by atoms with van der Waals surface area (Å²) in [7, 11) is 0. The van der Waals surface area contributed by atoms with E-state index in [1.54, 1.807) is 0 Å². The number of para-hydroxylation sites is 6. The van der Waals surface area contributed by atoms with Crippen LogP contribution < -0.4 is 63.7 Å². The maximum atomic E-state index is 15.8. The van der Waals surface area contributed by atoms with Crippen LogP contribution in [0, 0.1) is 93.1 Å². The van der Waals surface area contributed by atoms with Gasteiger partial charge in [-0.1, -0.05) is 46.4 Å². The molecule has 0 radical (unpaired) electrons. The van der Waals surface area contributed by atoms with E-state index >= 15 is 17.6 Å². The Kier molecular flexibility index (Phi) is 22.9. The summed E-state index contributed by atoms with van der Waals surface area (Å²) < 4.78 is 279. The summed E-state index contributed by atoms with van der Waals surface area (Å²) in [6.07, 6.45) is -6.24. The Morgan fingerprint density at radius 3 is 0.660 bits per heavy atom. The SMILES string of the molecule is Fc1c(F)c(F)c([B-](c2c(F)c(F)c(F)c(F)c2Cl)(c2c(F)c(F)c(F)c(F)c2Cl)c2c(F)c(F)c(F)c(F)c2Cl)c(Cl)c1F.c1ccc(OCCOc2ccccc2[Se+](c2ccccc2OCCOc2ccccc2)c2ccccc2OCCOc2ccccc2)cc1.